The first-order chi connectivity index (χ1) is 17.6. The number of hydrogen-bond donors (Lipinski definition) is 2. The number of ether oxygens (including phenoxy) is 1. The summed E-state index contributed by atoms with van der Waals surface area (Å²) in [4.78, 5) is 20.9. The van der Waals surface area contributed by atoms with Gasteiger partial charge in [0.15, 0.2) is 0 Å². The summed E-state index contributed by atoms with van der Waals surface area (Å²) < 4.78 is 33.7. The second-order valence-electron chi connectivity index (χ2n) is 10.8. The van der Waals surface area contributed by atoms with Crippen molar-refractivity contribution in [2.24, 2.45) is 5.92 Å². The van der Waals surface area contributed by atoms with Crippen molar-refractivity contribution in [3.63, 3.8) is 0 Å². The molecular formula is C27H33N5O4S. The molecule has 196 valence electrons. The summed E-state index contributed by atoms with van der Waals surface area (Å²) in [6.07, 6.45) is 8.96. The third-order valence-electron chi connectivity index (χ3n) is 6.95. The van der Waals surface area contributed by atoms with E-state index >= 15 is 0 Å². The Hall–Kier alpha value is -3.40. The van der Waals surface area contributed by atoms with E-state index in [4.69, 9.17) is 4.74 Å². The number of aromatic nitrogens is 3. The van der Waals surface area contributed by atoms with Crippen LogP contribution in [0.25, 0.3) is 11.0 Å². The fourth-order valence-electron chi connectivity index (χ4n) is 5.34. The highest BCUT2D eigenvalue weighted by Crippen LogP contribution is 2.39. The van der Waals surface area contributed by atoms with Crippen LogP contribution < -0.4 is 10.0 Å². The molecule has 37 heavy (non-hydrogen) atoms. The highest BCUT2D eigenvalue weighted by molar-refractivity contribution is 7.92. The van der Waals surface area contributed by atoms with Crippen LogP contribution in [0, 0.1) is 5.92 Å². The molecule has 5 rings (SSSR count). The number of fused-ring (bicyclic) bond motifs is 2. The lowest BCUT2D eigenvalue weighted by molar-refractivity contribution is 0.0571. The van der Waals surface area contributed by atoms with Crippen LogP contribution >= 0.6 is 0 Å². The lowest BCUT2D eigenvalue weighted by atomic mass is 10.1. The molecule has 2 aliphatic rings. The van der Waals surface area contributed by atoms with E-state index in [9.17, 15) is 13.2 Å². The number of aryl methyl sites for hydroxylation is 1. The molecule has 1 saturated carbocycles. The van der Waals surface area contributed by atoms with Crippen LogP contribution in [0.1, 0.15) is 69.7 Å². The average Bonchev–Trinajstić information content (AvgIpc) is 3.55. The molecule has 0 saturated heterocycles. The Kier molecular flexibility index (Phi) is 6.70. The van der Waals surface area contributed by atoms with Crippen LogP contribution in [0.2, 0.25) is 0 Å². The molecular weight excluding hydrogens is 490 g/mol. The Bertz CT molecular complexity index is 1440. The van der Waals surface area contributed by atoms with Gasteiger partial charge in [0.1, 0.15) is 23.4 Å². The quantitative estimate of drug-likeness (QED) is 0.454. The van der Waals surface area contributed by atoms with E-state index in [2.05, 4.69) is 50.2 Å². The van der Waals surface area contributed by atoms with Gasteiger partial charge in [-0.3, -0.25) is 0 Å². The number of amides is 1. The van der Waals surface area contributed by atoms with Crippen molar-refractivity contribution in [2.45, 2.75) is 70.6 Å². The monoisotopic (exact) mass is 523 g/mol. The smallest absolute Gasteiger partial charge is 0.421 e. The van der Waals surface area contributed by atoms with Crippen molar-refractivity contribution in [1.82, 2.24) is 19.3 Å². The van der Waals surface area contributed by atoms with E-state index in [-0.39, 0.29) is 18.0 Å². The average molecular weight is 524 g/mol. The maximum absolute atomic E-state index is 12.3. The van der Waals surface area contributed by atoms with Crippen molar-refractivity contribution in [3.8, 4) is 0 Å². The molecule has 1 fully saturated rings. The summed E-state index contributed by atoms with van der Waals surface area (Å²) in [7, 11) is -3.93. The lowest BCUT2D eigenvalue weighted by Crippen LogP contribution is -2.35. The first-order valence-electron chi connectivity index (χ1n) is 12.7. The minimum atomic E-state index is -3.93. The molecule has 0 bridgehead atoms. The van der Waals surface area contributed by atoms with E-state index in [0.717, 1.165) is 54.4 Å². The lowest BCUT2D eigenvalue weighted by Gasteiger charge is -2.19. The molecule has 1 aromatic carbocycles. The predicted molar refractivity (Wildman–Crippen MR) is 142 cm³/mol. The van der Waals surface area contributed by atoms with Crippen molar-refractivity contribution >= 4 is 33.0 Å². The fraction of sp³-hybridized carbons (Fsp3) is 0.444. The molecule has 1 amide bonds. The largest absolute Gasteiger partial charge is 0.443 e. The second-order valence-corrected chi connectivity index (χ2v) is 12.4. The SMILES string of the molecule is CC(C)(C)OC(=O)NS(=O)(=O)/C=C/[C@H]1CC[C@H](n2ccc3c(N[C@H]4CCc5ccccc54)ncnc32)C1. The van der Waals surface area contributed by atoms with Gasteiger partial charge < -0.3 is 14.6 Å². The molecule has 3 aromatic rings. The van der Waals surface area contributed by atoms with Gasteiger partial charge in [0.05, 0.1) is 11.4 Å². The van der Waals surface area contributed by atoms with Gasteiger partial charge in [0.2, 0.25) is 0 Å². The molecule has 0 aliphatic heterocycles. The highest BCUT2D eigenvalue weighted by atomic mass is 32.2. The van der Waals surface area contributed by atoms with E-state index in [1.54, 1.807) is 33.2 Å². The molecule has 2 aromatic heterocycles. The van der Waals surface area contributed by atoms with Gasteiger partial charge in [-0.2, -0.15) is 0 Å². The molecule has 0 spiro atoms. The maximum atomic E-state index is 12.3. The van der Waals surface area contributed by atoms with Crippen molar-refractivity contribution in [1.29, 1.82) is 0 Å². The molecule has 3 atom stereocenters. The zero-order valence-corrected chi connectivity index (χ0v) is 22.2. The number of carbonyl (C=O) groups is 1. The van der Waals surface area contributed by atoms with E-state index in [0.29, 0.717) is 0 Å². The van der Waals surface area contributed by atoms with Crippen molar-refractivity contribution in [2.75, 3.05) is 5.32 Å². The Morgan fingerprint density at radius 1 is 1.14 bits per heavy atom. The van der Waals surface area contributed by atoms with Crippen LogP contribution in [0.15, 0.2) is 54.3 Å². The zero-order chi connectivity index (χ0) is 26.2. The van der Waals surface area contributed by atoms with Crippen LogP contribution in [0.4, 0.5) is 10.6 Å². The van der Waals surface area contributed by atoms with Crippen molar-refractivity contribution in [3.05, 3.63) is 65.5 Å². The molecule has 9 nitrogen and oxygen atoms in total. The van der Waals surface area contributed by atoms with Crippen molar-refractivity contribution < 1.29 is 17.9 Å². The van der Waals surface area contributed by atoms with Gasteiger partial charge >= 0.3 is 6.09 Å². The van der Waals surface area contributed by atoms with Gasteiger partial charge in [-0.1, -0.05) is 30.3 Å². The van der Waals surface area contributed by atoms with Gasteiger partial charge in [-0.05, 0) is 76.0 Å². The Morgan fingerprint density at radius 3 is 2.76 bits per heavy atom. The Morgan fingerprint density at radius 2 is 1.95 bits per heavy atom. The maximum Gasteiger partial charge on any atom is 0.421 e. The van der Waals surface area contributed by atoms with Crippen LogP contribution in [0.3, 0.4) is 0 Å². The first-order valence-corrected chi connectivity index (χ1v) is 14.2. The summed E-state index contributed by atoms with van der Waals surface area (Å²) in [6, 6.07) is 11.0. The van der Waals surface area contributed by atoms with Crippen LogP contribution in [-0.4, -0.2) is 34.6 Å². The summed E-state index contributed by atoms with van der Waals surface area (Å²) in [5.74, 6) is 0.909. The highest BCUT2D eigenvalue weighted by Gasteiger charge is 2.28. The number of nitrogens with zero attached hydrogens (tertiary/aromatic N) is 3. The molecule has 2 heterocycles. The van der Waals surface area contributed by atoms with E-state index in [1.165, 1.54) is 11.1 Å². The minimum absolute atomic E-state index is 0.0760. The topological polar surface area (TPSA) is 115 Å². The number of anilines is 1. The summed E-state index contributed by atoms with van der Waals surface area (Å²) in [5.41, 5.74) is 2.81. The first kappa shape index (κ1) is 25.3. The summed E-state index contributed by atoms with van der Waals surface area (Å²) >= 11 is 0. The summed E-state index contributed by atoms with van der Waals surface area (Å²) in [6.45, 7) is 5.03. The normalized spacial score (nSPS) is 21.9. The molecule has 0 radical (unpaired) electrons. The number of sulfonamides is 1. The standard InChI is InChI=1S/C27H33N5O4S/c1-27(2,3)36-26(33)31-37(34,35)15-13-18-8-10-20(16-18)32-14-12-22-24(28-17-29-25(22)32)30-23-11-9-19-6-4-5-7-21(19)23/h4-7,12-15,17-18,20,23H,8-11,16H2,1-3H3,(H,31,33)(H,28,29,30)/b15-13+/t18-,20+,23+/m1/s1. The Labute approximate surface area is 217 Å². The molecule has 2 N–H and O–H groups in total. The van der Waals surface area contributed by atoms with Gasteiger partial charge in [0.25, 0.3) is 10.0 Å². The second kappa shape index (κ2) is 9.81. The molecule has 2 aliphatic carbocycles. The third-order valence-corrected chi connectivity index (χ3v) is 7.91. The fourth-order valence-corrected chi connectivity index (χ4v) is 6.11. The third kappa shape index (κ3) is 5.79. The van der Waals surface area contributed by atoms with E-state index < -0.39 is 21.7 Å². The van der Waals surface area contributed by atoms with Crippen LogP contribution in [0.5, 0.6) is 0 Å². The van der Waals surface area contributed by atoms with Gasteiger partial charge in [-0.25, -0.2) is 27.9 Å². The number of hydrogen-bond acceptors (Lipinski definition) is 7. The molecule has 10 heteroatoms. The number of rotatable bonds is 6. The number of carbonyl (C=O) groups excluding carboxylic acids is 1. The summed E-state index contributed by atoms with van der Waals surface area (Å²) in [5, 5.41) is 5.68. The Balaban J connectivity index is 1.25. The zero-order valence-electron chi connectivity index (χ0n) is 21.3. The van der Waals surface area contributed by atoms with Gasteiger partial charge in [-0.15, -0.1) is 0 Å². The number of allylic oxidation sites excluding steroid dienone is 1. The number of benzene rings is 1. The van der Waals surface area contributed by atoms with E-state index in [1.807, 2.05) is 10.9 Å². The molecule has 0 unspecified atom stereocenters. The minimum Gasteiger partial charge on any atom is -0.443 e. The number of nitrogens with one attached hydrogen (secondary N) is 2. The van der Waals surface area contributed by atoms with Gasteiger partial charge in [0, 0.05) is 17.6 Å². The van der Waals surface area contributed by atoms with Crippen LogP contribution in [-0.2, 0) is 21.2 Å². The predicted octanol–water partition coefficient (Wildman–Crippen LogP) is 5.24.